The number of hydrogen-bond acceptors (Lipinski definition) is 3. The molecule has 0 aliphatic heterocycles. The summed E-state index contributed by atoms with van der Waals surface area (Å²) in [5.41, 5.74) is 6.70. The summed E-state index contributed by atoms with van der Waals surface area (Å²) >= 11 is 4.84. The first-order chi connectivity index (χ1) is 10.6. The lowest BCUT2D eigenvalue weighted by molar-refractivity contribution is 0.0848. The molecule has 3 rings (SSSR count). The maximum Gasteiger partial charge on any atom is 0.279 e. The zero-order valence-corrected chi connectivity index (χ0v) is 14.2. The Hall–Kier alpha value is -1.66. The van der Waals surface area contributed by atoms with Crippen LogP contribution in [0.5, 0.6) is 0 Å². The summed E-state index contributed by atoms with van der Waals surface area (Å²) < 4.78 is 0.688. The highest BCUT2D eigenvalue weighted by atomic mass is 79.9. The van der Waals surface area contributed by atoms with Crippen molar-refractivity contribution in [2.75, 3.05) is 0 Å². The Kier molecular flexibility index (Phi) is 4.59. The van der Waals surface area contributed by atoms with Crippen LogP contribution in [0.15, 0.2) is 34.8 Å². The minimum atomic E-state index is -0.345. The van der Waals surface area contributed by atoms with Gasteiger partial charge in [-0.2, -0.15) is 0 Å². The molecule has 6 heteroatoms. The van der Waals surface area contributed by atoms with E-state index >= 15 is 0 Å². The Morgan fingerprint density at radius 1 is 1.05 bits per heavy atom. The van der Waals surface area contributed by atoms with Crippen molar-refractivity contribution in [3.8, 4) is 0 Å². The van der Waals surface area contributed by atoms with Gasteiger partial charge in [0, 0.05) is 9.35 Å². The number of carbonyl (C=O) groups is 2. The predicted molar refractivity (Wildman–Crippen MR) is 90.0 cm³/mol. The molecule has 0 fully saturated rings. The molecule has 1 heterocycles. The maximum atomic E-state index is 12.2. The Bertz CT molecular complexity index is 703. The van der Waals surface area contributed by atoms with Crippen molar-refractivity contribution in [2.45, 2.75) is 25.7 Å². The zero-order chi connectivity index (χ0) is 15.5. The summed E-state index contributed by atoms with van der Waals surface area (Å²) in [6.07, 6.45) is 4.47. The van der Waals surface area contributed by atoms with Crippen molar-refractivity contribution < 1.29 is 9.59 Å². The fourth-order valence-corrected chi connectivity index (χ4v) is 4.10. The van der Waals surface area contributed by atoms with Crippen LogP contribution < -0.4 is 10.9 Å². The Morgan fingerprint density at radius 2 is 1.77 bits per heavy atom. The second-order valence-electron chi connectivity index (χ2n) is 5.15. The smallest absolute Gasteiger partial charge is 0.267 e. The zero-order valence-electron chi connectivity index (χ0n) is 11.8. The van der Waals surface area contributed by atoms with Gasteiger partial charge in [0.25, 0.3) is 11.8 Å². The Morgan fingerprint density at radius 3 is 2.55 bits per heavy atom. The molecule has 4 nitrogen and oxygen atoms in total. The van der Waals surface area contributed by atoms with Crippen LogP contribution in [-0.4, -0.2) is 11.8 Å². The van der Waals surface area contributed by atoms with Gasteiger partial charge in [0.1, 0.15) is 0 Å². The average molecular weight is 379 g/mol. The van der Waals surface area contributed by atoms with Gasteiger partial charge in [0.2, 0.25) is 0 Å². The van der Waals surface area contributed by atoms with Crippen molar-refractivity contribution in [1.29, 1.82) is 0 Å². The quantitative estimate of drug-likeness (QED) is 0.786. The number of carbonyl (C=O) groups excluding carboxylic acids is 2. The number of fused-ring (bicyclic) bond motifs is 1. The molecular weight excluding hydrogens is 364 g/mol. The van der Waals surface area contributed by atoms with E-state index in [0.29, 0.717) is 14.9 Å². The van der Waals surface area contributed by atoms with E-state index in [2.05, 4.69) is 26.8 Å². The summed E-state index contributed by atoms with van der Waals surface area (Å²) in [5, 5.41) is 0. The normalized spacial score (nSPS) is 13.3. The molecule has 114 valence electrons. The molecule has 1 aromatic carbocycles. The molecule has 1 aromatic heterocycles. The van der Waals surface area contributed by atoms with Crippen LogP contribution in [0.2, 0.25) is 0 Å². The predicted octanol–water partition coefficient (Wildman–Crippen LogP) is 3.46. The van der Waals surface area contributed by atoms with E-state index in [9.17, 15) is 9.59 Å². The van der Waals surface area contributed by atoms with E-state index in [1.165, 1.54) is 34.6 Å². The van der Waals surface area contributed by atoms with Crippen molar-refractivity contribution in [1.82, 2.24) is 10.9 Å². The van der Waals surface area contributed by atoms with Gasteiger partial charge in [-0.05, 0) is 65.4 Å². The van der Waals surface area contributed by atoms with Crippen molar-refractivity contribution in [2.24, 2.45) is 0 Å². The van der Waals surface area contributed by atoms with E-state index in [1.54, 1.807) is 18.2 Å². The molecule has 1 aliphatic carbocycles. The molecule has 0 spiro atoms. The number of hydrazine groups is 1. The molecule has 0 saturated heterocycles. The van der Waals surface area contributed by atoms with Crippen LogP contribution in [-0.2, 0) is 12.8 Å². The highest BCUT2D eigenvalue weighted by molar-refractivity contribution is 9.10. The fourth-order valence-electron chi connectivity index (χ4n) is 2.49. The number of aryl methyl sites for hydroxylation is 2. The fraction of sp³-hybridized carbons (Fsp3) is 0.250. The van der Waals surface area contributed by atoms with Gasteiger partial charge in [-0.3, -0.25) is 20.4 Å². The molecule has 0 bridgehead atoms. The van der Waals surface area contributed by atoms with E-state index in [-0.39, 0.29) is 11.8 Å². The number of rotatable bonds is 2. The third kappa shape index (κ3) is 3.23. The van der Waals surface area contributed by atoms with Crippen LogP contribution in [0.4, 0.5) is 0 Å². The topological polar surface area (TPSA) is 58.2 Å². The molecule has 0 radical (unpaired) electrons. The van der Waals surface area contributed by atoms with Crippen LogP contribution >= 0.6 is 27.3 Å². The summed E-state index contributed by atoms with van der Waals surface area (Å²) in [6, 6.07) is 9.02. The lowest BCUT2D eigenvalue weighted by atomic mass is 9.99. The van der Waals surface area contributed by atoms with Gasteiger partial charge in [0.15, 0.2) is 0 Å². The van der Waals surface area contributed by atoms with Gasteiger partial charge in [-0.15, -0.1) is 11.3 Å². The first kappa shape index (κ1) is 15.2. The number of halogens is 1. The Labute approximate surface area is 141 Å². The van der Waals surface area contributed by atoms with Crippen molar-refractivity contribution in [3.05, 3.63) is 55.7 Å². The van der Waals surface area contributed by atoms with E-state index in [1.807, 2.05) is 12.1 Å². The van der Waals surface area contributed by atoms with Crippen LogP contribution in [0.3, 0.4) is 0 Å². The third-order valence-corrected chi connectivity index (χ3v) is 5.56. The van der Waals surface area contributed by atoms with Crippen LogP contribution in [0.1, 0.15) is 43.3 Å². The summed E-state index contributed by atoms with van der Waals surface area (Å²) in [6.45, 7) is 0. The first-order valence-electron chi connectivity index (χ1n) is 7.12. The number of thiophene rings is 1. The van der Waals surface area contributed by atoms with Gasteiger partial charge in [-0.25, -0.2) is 0 Å². The molecule has 1 aliphatic rings. The Balaban J connectivity index is 1.64. The maximum absolute atomic E-state index is 12.2. The molecular formula is C16H15BrN2O2S. The minimum Gasteiger partial charge on any atom is -0.267 e. The molecule has 2 N–H and O–H groups in total. The van der Waals surface area contributed by atoms with E-state index in [4.69, 9.17) is 0 Å². The minimum absolute atomic E-state index is 0.264. The standard InChI is InChI=1S/C16H15BrN2O2S/c17-12-7-3-2-6-11(12)15(20)18-19-16(21)14-9-10-5-1-4-8-13(10)22-14/h2-3,6-7,9H,1,4-5,8H2,(H,18,20)(H,19,21). The van der Waals surface area contributed by atoms with Crippen molar-refractivity contribution in [3.63, 3.8) is 0 Å². The van der Waals surface area contributed by atoms with Gasteiger partial charge in [-0.1, -0.05) is 12.1 Å². The summed E-state index contributed by atoms with van der Waals surface area (Å²) in [5.74, 6) is -0.609. The molecule has 22 heavy (non-hydrogen) atoms. The van der Waals surface area contributed by atoms with Crippen LogP contribution in [0, 0.1) is 0 Å². The van der Waals surface area contributed by atoms with Gasteiger partial charge in [0.05, 0.1) is 10.4 Å². The molecule has 0 atom stereocenters. The monoisotopic (exact) mass is 378 g/mol. The lowest BCUT2D eigenvalue weighted by Gasteiger charge is -2.08. The number of nitrogens with one attached hydrogen (secondary N) is 2. The van der Waals surface area contributed by atoms with Crippen molar-refractivity contribution >= 4 is 39.1 Å². The molecule has 2 amide bonds. The second kappa shape index (κ2) is 6.62. The number of benzene rings is 1. The van der Waals surface area contributed by atoms with Gasteiger partial charge >= 0.3 is 0 Å². The number of amides is 2. The second-order valence-corrected chi connectivity index (χ2v) is 7.15. The molecule has 0 unspecified atom stereocenters. The summed E-state index contributed by atoms with van der Waals surface area (Å²) in [7, 11) is 0. The highest BCUT2D eigenvalue weighted by Gasteiger charge is 2.18. The molecule has 2 aromatic rings. The van der Waals surface area contributed by atoms with E-state index < -0.39 is 0 Å². The number of hydrogen-bond donors (Lipinski definition) is 2. The highest BCUT2D eigenvalue weighted by Crippen LogP contribution is 2.29. The molecule has 0 saturated carbocycles. The summed E-state index contributed by atoms with van der Waals surface area (Å²) in [4.78, 5) is 26.2. The first-order valence-corrected chi connectivity index (χ1v) is 8.73. The van der Waals surface area contributed by atoms with E-state index in [0.717, 1.165) is 12.8 Å². The third-order valence-electron chi connectivity index (χ3n) is 3.63. The lowest BCUT2D eigenvalue weighted by Crippen LogP contribution is -2.41. The average Bonchev–Trinajstić information content (AvgIpc) is 2.97. The SMILES string of the molecule is O=C(NNC(=O)c1ccccc1Br)c1cc2c(s1)CCCC2. The van der Waals surface area contributed by atoms with Gasteiger partial charge < -0.3 is 0 Å². The largest absolute Gasteiger partial charge is 0.279 e. The van der Waals surface area contributed by atoms with Crippen LogP contribution in [0.25, 0.3) is 0 Å².